The molecule has 0 saturated heterocycles. The lowest BCUT2D eigenvalue weighted by Crippen LogP contribution is -2.37. The van der Waals surface area contributed by atoms with Gasteiger partial charge in [-0.3, -0.25) is 9.69 Å². The minimum atomic E-state index is -0.302. The number of nitrogens with zero attached hydrogens (tertiary/aromatic N) is 1. The molecule has 0 saturated carbocycles. The number of ether oxygens (including phenoxy) is 1. The highest BCUT2D eigenvalue weighted by atomic mass is 16.5. The predicted molar refractivity (Wildman–Crippen MR) is 80.4 cm³/mol. The molecule has 1 rings (SSSR count). The first-order valence-electron chi connectivity index (χ1n) is 7.08. The van der Waals surface area contributed by atoms with Gasteiger partial charge in [0.1, 0.15) is 12.4 Å². The monoisotopic (exact) mass is 279 g/mol. The molecule has 0 aromatic heterocycles. The fourth-order valence-electron chi connectivity index (χ4n) is 1.97. The summed E-state index contributed by atoms with van der Waals surface area (Å²) in [6.07, 6.45) is 2.14. The molecule has 0 spiro atoms. The number of rotatable bonds is 10. The van der Waals surface area contributed by atoms with Crippen molar-refractivity contribution in [3.05, 3.63) is 29.8 Å². The Kier molecular flexibility index (Phi) is 7.69. The third-order valence-electron chi connectivity index (χ3n) is 3.06. The van der Waals surface area contributed by atoms with Gasteiger partial charge in [0, 0.05) is 18.7 Å². The summed E-state index contributed by atoms with van der Waals surface area (Å²) in [5.74, 6) is 0.507. The molecule has 0 aliphatic heterocycles. The van der Waals surface area contributed by atoms with E-state index < -0.39 is 0 Å². The molecular formula is C15H25N3O2. The third kappa shape index (κ3) is 6.04. The van der Waals surface area contributed by atoms with Crippen LogP contribution < -0.4 is 16.2 Å². The van der Waals surface area contributed by atoms with Crippen molar-refractivity contribution in [2.45, 2.75) is 26.3 Å². The topological polar surface area (TPSA) is 81.6 Å². The van der Waals surface area contributed by atoms with Gasteiger partial charge in [-0.05, 0) is 19.0 Å². The Hall–Kier alpha value is -1.59. The van der Waals surface area contributed by atoms with Gasteiger partial charge >= 0.3 is 0 Å². The van der Waals surface area contributed by atoms with Crippen LogP contribution in [0.15, 0.2) is 24.3 Å². The van der Waals surface area contributed by atoms with Crippen LogP contribution in [0.5, 0.6) is 5.75 Å². The van der Waals surface area contributed by atoms with Gasteiger partial charge in [0.25, 0.3) is 0 Å². The van der Waals surface area contributed by atoms with Crippen LogP contribution in [-0.4, -0.2) is 37.0 Å². The summed E-state index contributed by atoms with van der Waals surface area (Å²) in [6, 6.07) is 7.72. The summed E-state index contributed by atoms with van der Waals surface area (Å²) in [7, 11) is 0. The molecule has 1 amide bonds. The molecule has 0 radical (unpaired) electrons. The van der Waals surface area contributed by atoms with Gasteiger partial charge in [-0.15, -0.1) is 0 Å². The molecule has 0 heterocycles. The standard InChI is InChI=1S/C15H25N3O2/c1-2-3-8-18(12-15(17)19)9-10-20-14-7-5-4-6-13(14)11-16/h4-7H,2-3,8-12,16H2,1H3,(H2,17,19). The Morgan fingerprint density at radius 1 is 1.30 bits per heavy atom. The smallest absolute Gasteiger partial charge is 0.231 e. The highest BCUT2D eigenvalue weighted by molar-refractivity contribution is 5.75. The average Bonchev–Trinajstić information content (AvgIpc) is 2.44. The second-order valence-corrected chi connectivity index (χ2v) is 4.76. The molecule has 112 valence electrons. The number of hydrogen-bond acceptors (Lipinski definition) is 4. The third-order valence-corrected chi connectivity index (χ3v) is 3.06. The van der Waals surface area contributed by atoms with Gasteiger partial charge in [-0.25, -0.2) is 0 Å². The van der Waals surface area contributed by atoms with E-state index in [2.05, 4.69) is 6.92 Å². The van der Waals surface area contributed by atoms with E-state index in [-0.39, 0.29) is 12.5 Å². The van der Waals surface area contributed by atoms with Crippen molar-refractivity contribution >= 4 is 5.91 Å². The first kappa shape index (κ1) is 16.5. The Labute approximate surface area is 120 Å². The molecule has 5 heteroatoms. The fraction of sp³-hybridized carbons (Fsp3) is 0.533. The van der Waals surface area contributed by atoms with Crippen LogP contribution in [0.3, 0.4) is 0 Å². The molecule has 20 heavy (non-hydrogen) atoms. The van der Waals surface area contributed by atoms with Crippen molar-refractivity contribution in [2.75, 3.05) is 26.2 Å². The summed E-state index contributed by atoms with van der Waals surface area (Å²) in [5, 5.41) is 0. The van der Waals surface area contributed by atoms with Crippen LogP contribution in [0.2, 0.25) is 0 Å². The Morgan fingerprint density at radius 3 is 2.70 bits per heavy atom. The summed E-state index contributed by atoms with van der Waals surface area (Å²) in [4.78, 5) is 13.1. The van der Waals surface area contributed by atoms with Crippen LogP contribution in [0, 0.1) is 0 Å². The Morgan fingerprint density at radius 2 is 2.05 bits per heavy atom. The number of nitrogens with two attached hydrogens (primary N) is 2. The number of para-hydroxylation sites is 1. The number of carbonyl (C=O) groups excluding carboxylic acids is 1. The first-order chi connectivity index (χ1) is 9.67. The van der Waals surface area contributed by atoms with Crippen LogP contribution in [-0.2, 0) is 11.3 Å². The van der Waals surface area contributed by atoms with Gasteiger partial charge in [0.05, 0.1) is 6.54 Å². The van der Waals surface area contributed by atoms with Crippen LogP contribution in [0.1, 0.15) is 25.3 Å². The molecule has 0 bridgehead atoms. The number of amides is 1. The number of hydrogen-bond donors (Lipinski definition) is 2. The van der Waals surface area contributed by atoms with Gasteiger partial charge in [0.15, 0.2) is 0 Å². The van der Waals surface area contributed by atoms with E-state index in [1.165, 1.54) is 0 Å². The Balaban J connectivity index is 2.44. The second kappa shape index (κ2) is 9.34. The van der Waals surface area contributed by atoms with Crippen LogP contribution in [0.25, 0.3) is 0 Å². The van der Waals surface area contributed by atoms with Crippen LogP contribution in [0.4, 0.5) is 0 Å². The maximum Gasteiger partial charge on any atom is 0.231 e. The van der Waals surface area contributed by atoms with Gasteiger partial charge in [-0.2, -0.15) is 0 Å². The predicted octanol–water partition coefficient (Wildman–Crippen LogP) is 1.11. The zero-order valence-electron chi connectivity index (χ0n) is 12.2. The molecule has 1 aromatic carbocycles. The minimum Gasteiger partial charge on any atom is -0.492 e. The molecule has 5 nitrogen and oxygen atoms in total. The van der Waals surface area contributed by atoms with E-state index in [1.54, 1.807) is 0 Å². The molecule has 0 aliphatic rings. The highest BCUT2D eigenvalue weighted by Gasteiger charge is 2.08. The van der Waals surface area contributed by atoms with Crippen molar-refractivity contribution < 1.29 is 9.53 Å². The van der Waals surface area contributed by atoms with Gasteiger partial charge < -0.3 is 16.2 Å². The lowest BCUT2D eigenvalue weighted by Gasteiger charge is -2.21. The van der Waals surface area contributed by atoms with Crippen molar-refractivity contribution in [1.82, 2.24) is 4.90 Å². The zero-order valence-corrected chi connectivity index (χ0v) is 12.2. The highest BCUT2D eigenvalue weighted by Crippen LogP contribution is 2.16. The number of benzene rings is 1. The molecule has 4 N–H and O–H groups in total. The fourth-order valence-corrected chi connectivity index (χ4v) is 1.97. The molecular weight excluding hydrogens is 254 g/mol. The minimum absolute atomic E-state index is 0.280. The largest absolute Gasteiger partial charge is 0.492 e. The molecule has 1 aromatic rings. The van der Waals surface area contributed by atoms with E-state index in [9.17, 15) is 4.79 Å². The average molecular weight is 279 g/mol. The summed E-state index contributed by atoms with van der Waals surface area (Å²) in [5.41, 5.74) is 11.9. The first-order valence-corrected chi connectivity index (χ1v) is 7.08. The van der Waals surface area contributed by atoms with E-state index in [0.717, 1.165) is 30.7 Å². The zero-order chi connectivity index (χ0) is 14.8. The molecule has 0 unspecified atom stereocenters. The molecule has 0 fully saturated rings. The lowest BCUT2D eigenvalue weighted by molar-refractivity contribution is -0.119. The second-order valence-electron chi connectivity index (χ2n) is 4.76. The van der Waals surface area contributed by atoms with E-state index in [0.29, 0.717) is 19.7 Å². The number of carbonyl (C=O) groups is 1. The van der Waals surface area contributed by atoms with Crippen molar-refractivity contribution in [3.8, 4) is 5.75 Å². The number of primary amides is 1. The maximum absolute atomic E-state index is 11.0. The van der Waals surface area contributed by atoms with Gasteiger partial charge in [-0.1, -0.05) is 31.5 Å². The molecule has 0 aliphatic carbocycles. The lowest BCUT2D eigenvalue weighted by atomic mass is 10.2. The van der Waals surface area contributed by atoms with Crippen molar-refractivity contribution in [3.63, 3.8) is 0 Å². The normalized spacial score (nSPS) is 10.8. The van der Waals surface area contributed by atoms with E-state index in [4.69, 9.17) is 16.2 Å². The summed E-state index contributed by atoms with van der Waals surface area (Å²) >= 11 is 0. The van der Waals surface area contributed by atoms with Crippen molar-refractivity contribution in [1.29, 1.82) is 0 Å². The molecule has 0 atom stereocenters. The number of unbranched alkanes of at least 4 members (excludes halogenated alkanes) is 1. The van der Waals surface area contributed by atoms with E-state index >= 15 is 0 Å². The Bertz CT molecular complexity index is 410. The quantitative estimate of drug-likeness (QED) is 0.672. The SMILES string of the molecule is CCCCN(CCOc1ccccc1CN)CC(N)=O. The van der Waals surface area contributed by atoms with Crippen molar-refractivity contribution in [2.24, 2.45) is 11.5 Å². The van der Waals surface area contributed by atoms with Gasteiger partial charge in [0.2, 0.25) is 5.91 Å². The van der Waals surface area contributed by atoms with Crippen LogP contribution >= 0.6 is 0 Å². The summed E-state index contributed by atoms with van der Waals surface area (Å²) < 4.78 is 5.75. The maximum atomic E-state index is 11.0. The summed E-state index contributed by atoms with van der Waals surface area (Å²) in [6.45, 7) is 4.92. The van der Waals surface area contributed by atoms with E-state index in [1.807, 2.05) is 29.2 Å².